The van der Waals surface area contributed by atoms with Crippen LogP contribution in [0.4, 0.5) is 4.39 Å². The number of benzene rings is 2. The zero-order chi connectivity index (χ0) is 21.2. The number of aryl methyl sites for hydroxylation is 2. The van der Waals surface area contributed by atoms with Crippen molar-refractivity contribution >= 4 is 15.9 Å². The van der Waals surface area contributed by atoms with E-state index in [-0.39, 0.29) is 16.8 Å². The molecule has 0 fully saturated rings. The molecule has 7 heteroatoms. The summed E-state index contributed by atoms with van der Waals surface area (Å²) in [5, 5.41) is 2.75. The molecule has 5 nitrogen and oxygen atoms in total. The van der Waals surface area contributed by atoms with Crippen LogP contribution < -0.4 is 10.0 Å². The standard InChI is InChI=1S/C21H27FN2O3S/c1-12-11-13(2)15(4)20(14(12)3)28(26,27)24-17(6)21(25)23-16(5)18-7-9-19(22)10-8-18/h7-11,16-17,24H,1-6H3,(H,23,25)/t16?,17-/m0/s1. The Morgan fingerprint density at radius 1 is 0.964 bits per heavy atom. The highest BCUT2D eigenvalue weighted by Gasteiger charge is 2.27. The van der Waals surface area contributed by atoms with E-state index in [1.54, 1.807) is 32.9 Å². The number of halogens is 1. The van der Waals surface area contributed by atoms with Gasteiger partial charge in [-0.25, -0.2) is 12.8 Å². The molecule has 2 aromatic carbocycles. The predicted molar refractivity (Wildman–Crippen MR) is 108 cm³/mol. The van der Waals surface area contributed by atoms with Crippen LogP contribution in [0.3, 0.4) is 0 Å². The quantitative estimate of drug-likeness (QED) is 0.770. The molecule has 0 aliphatic heterocycles. The second kappa shape index (κ2) is 8.41. The normalized spacial score (nSPS) is 13.8. The van der Waals surface area contributed by atoms with Crippen LogP contribution in [0.1, 0.15) is 47.7 Å². The molecule has 2 N–H and O–H groups in total. The number of rotatable bonds is 6. The SMILES string of the molecule is Cc1cc(C)c(C)c(S(=O)(=O)N[C@@H](C)C(=O)NC(C)c2ccc(F)cc2)c1C. The summed E-state index contributed by atoms with van der Waals surface area (Å²) < 4.78 is 41.4. The van der Waals surface area contributed by atoms with E-state index < -0.39 is 22.0 Å². The average Bonchev–Trinajstić information content (AvgIpc) is 2.60. The van der Waals surface area contributed by atoms with Crippen molar-refractivity contribution < 1.29 is 17.6 Å². The van der Waals surface area contributed by atoms with Crippen molar-refractivity contribution in [3.8, 4) is 0 Å². The maximum Gasteiger partial charge on any atom is 0.241 e. The fourth-order valence-corrected chi connectivity index (χ4v) is 4.92. The smallest absolute Gasteiger partial charge is 0.241 e. The van der Waals surface area contributed by atoms with E-state index >= 15 is 0 Å². The zero-order valence-electron chi connectivity index (χ0n) is 17.1. The fraction of sp³-hybridized carbons (Fsp3) is 0.381. The van der Waals surface area contributed by atoms with Gasteiger partial charge in [0.05, 0.1) is 17.0 Å². The van der Waals surface area contributed by atoms with Crippen LogP contribution in [-0.2, 0) is 14.8 Å². The lowest BCUT2D eigenvalue weighted by molar-refractivity contribution is -0.123. The van der Waals surface area contributed by atoms with E-state index in [1.165, 1.54) is 19.1 Å². The molecule has 2 atom stereocenters. The number of hydrogen-bond donors (Lipinski definition) is 2. The highest BCUT2D eigenvalue weighted by Crippen LogP contribution is 2.26. The molecule has 1 unspecified atom stereocenters. The summed E-state index contributed by atoms with van der Waals surface area (Å²) in [5.41, 5.74) is 3.83. The van der Waals surface area contributed by atoms with Crippen molar-refractivity contribution in [3.63, 3.8) is 0 Å². The van der Waals surface area contributed by atoms with Crippen molar-refractivity contribution in [2.24, 2.45) is 0 Å². The molecule has 0 saturated carbocycles. The van der Waals surface area contributed by atoms with Gasteiger partial charge >= 0.3 is 0 Å². The van der Waals surface area contributed by atoms with Crippen LogP contribution >= 0.6 is 0 Å². The minimum absolute atomic E-state index is 0.219. The average molecular weight is 407 g/mol. The second-order valence-corrected chi connectivity index (χ2v) is 8.87. The minimum atomic E-state index is -3.88. The van der Waals surface area contributed by atoms with E-state index in [1.807, 2.05) is 19.9 Å². The number of carbonyl (C=O) groups is 1. The van der Waals surface area contributed by atoms with Gasteiger partial charge in [-0.15, -0.1) is 0 Å². The third kappa shape index (κ3) is 4.77. The first-order chi connectivity index (χ1) is 12.9. The summed E-state index contributed by atoms with van der Waals surface area (Å²) in [6.45, 7) is 10.5. The van der Waals surface area contributed by atoms with Crippen LogP contribution in [0, 0.1) is 33.5 Å². The van der Waals surface area contributed by atoms with Gasteiger partial charge in [-0.3, -0.25) is 4.79 Å². The van der Waals surface area contributed by atoms with E-state index in [4.69, 9.17) is 0 Å². The first-order valence-corrected chi connectivity index (χ1v) is 10.6. The third-order valence-electron chi connectivity index (χ3n) is 5.02. The lowest BCUT2D eigenvalue weighted by Gasteiger charge is -2.21. The molecule has 0 saturated heterocycles. The molecule has 0 aromatic heterocycles. The van der Waals surface area contributed by atoms with E-state index in [0.717, 1.165) is 16.7 Å². The molecular weight excluding hydrogens is 379 g/mol. The molecule has 28 heavy (non-hydrogen) atoms. The number of sulfonamides is 1. The number of amides is 1. The molecule has 0 heterocycles. The number of hydrogen-bond acceptors (Lipinski definition) is 3. The lowest BCUT2D eigenvalue weighted by atomic mass is 10.0. The number of carbonyl (C=O) groups excluding carboxylic acids is 1. The Morgan fingerprint density at radius 2 is 1.46 bits per heavy atom. The topological polar surface area (TPSA) is 75.3 Å². The maximum absolute atomic E-state index is 13.0. The molecule has 2 aromatic rings. The van der Waals surface area contributed by atoms with Crippen LogP contribution in [0.15, 0.2) is 35.2 Å². The third-order valence-corrected chi connectivity index (χ3v) is 6.83. The Kier molecular flexibility index (Phi) is 6.62. The molecule has 0 spiro atoms. The highest BCUT2D eigenvalue weighted by molar-refractivity contribution is 7.89. The molecular formula is C21H27FN2O3S. The van der Waals surface area contributed by atoms with Crippen LogP contribution in [0.25, 0.3) is 0 Å². The Bertz CT molecular complexity index is 959. The van der Waals surface area contributed by atoms with Crippen molar-refractivity contribution in [2.75, 3.05) is 0 Å². The lowest BCUT2D eigenvalue weighted by Crippen LogP contribution is -2.45. The zero-order valence-corrected chi connectivity index (χ0v) is 17.9. The van der Waals surface area contributed by atoms with Crippen LogP contribution in [0.2, 0.25) is 0 Å². The Labute approximate surface area is 166 Å². The first kappa shape index (κ1) is 22.0. The van der Waals surface area contributed by atoms with Gasteiger partial charge in [0, 0.05) is 0 Å². The van der Waals surface area contributed by atoms with Gasteiger partial charge in [-0.2, -0.15) is 4.72 Å². The summed E-state index contributed by atoms with van der Waals surface area (Å²) in [4.78, 5) is 12.7. The van der Waals surface area contributed by atoms with Crippen LogP contribution in [0.5, 0.6) is 0 Å². The summed E-state index contributed by atoms with van der Waals surface area (Å²) in [5.74, 6) is -0.817. The molecule has 0 aliphatic carbocycles. The van der Waals surface area contributed by atoms with E-state index in [9.17, 15) is 17.6 Å². The Balaban J connectivity index is 2.18. The van der Waals surface area contributed by atoms with Crippen molar-refractivity contribution in [2.45, 2.75) is 58.5 Å². The molecule has 152 valence electrons. The molecule has 0 radical (unpaired) electrons. The van der Waals surface area contributed by atoms with Gasteiger partial charge in [0.2, 0.25) is 15.9 Å². The summed E-state index contributed by atoms with van der Waals surface area (Å²) in [7, 11) is -3.88. The van der Waals surface area contributed by atoms with Crippen molar-refractivity contribution in [1.29, 1.82) is 0 Å². The van der Waals surface area contributed by atoms with Gasteiger partial charge in [-0.05, 0) is 81.5 Å². The first-order valence-electron chi connectivity index (χ1n) is 9.09. The van der Waals surface area contributed by atoms with Gasteiger partial charge in [0.25, 0.3) is 0 Å². The summed E-state index contributed by atoms with van der Waals surface area (Å²) in [6.07, 6.45) is 0. The predicted octanol–water partition coefficient (Wildman–Crippen LogP) is 3.60. The van der Waals surface area contributed by atoms with E-state index in [0.29, 0.717) is 11.1 Å². The van der Waals surface area contributed by atoms with E-state index in [2.05, 4.69) is 10.0 Å². The largest absolute Gasteiger partial charge is 0.348 e. The summed E-state index contributed by atoms with van der Waals surface area (Å²) >= 11 is 0. The Morgan fingerprint density at radius 3 is 1.96 bits per heavy atom. The fourth-order valence-electron chi connectivity index (χ4n) is 3.10. The molecule has 0 aliphatic rings. The minimum Gasteiger partial charge on any atom is -0.348 e. The van der Waals surface area contributed by atoms with Gasteiger partial charge in [-0.1, -0.05) is 18.2 Å². The number of nitrogens with one attached hydrogen (secondary N) is 2. The second-order valence-electron chi connectivity index (χ2n) is 7.21. The van der Waals surface area contributed by atoms with Gasteiger partial charge < -0.3 is 5.32 Å². The van der Waals surface area contributed by atoms with Crippen LogP contribution in [-0.4, -0.2) is 20.4 Å². The molecule has 2 rings (SSSR count). The van der Waals surface area contributed by atoms with Gasteiger partial charge in [0.1, 0.15) is 5.82 Å². The highest BCUT2D eigenvalue weighted by atomic mass is 32.2. The van der Waals surface area contributed by atoms with Gasteiger partial charge in [0.15, 0.2) is 0 Å². The molecule has 1 amide bonds. The monoisotopic (exact) mass is 406 g/mol. The summed E-state index contributed by atoms with van der Waals surface area (Å²) in [6, 6.07) is 6.39. The van der Waals surface area contributed by atoms with Crippen molar-refractivity contribution in [1.82, 2.24) is 10.0 Å². The maximum atomic E-state index is 13.0. The Hall–Kier alpha value is -2.25. The van der Waals surface area contributed by atoms with Crippen molar-refractivity contribution in [3.05, 3.63) is 64.0 Å². The molecule has 0 bridgehead atoms.